The third kappa shape index (κ3) is 4.19. The molecule has 0 aliphatic carbocycles. The van der Waals surface area contributed by atoms with Gasteiger partial charge in [0.15, 0.2) is 6.10 Å². The van der Waals surface area contributed by atoms with Crippen LogP contribution in [0.25, 0.3) is 0 Å². The predicted octanol–water partition coefficient (Wildman–Crippen LogP) is -0.0546. The minimum absolute atomic E-state index is 0.00271. The van der Waals surface area contributed by atoms with Gasteiger partial charge in [-0.05, 0) is 19.3 Å². The fourth-order valence-electron chi connectivity index (χ4n) is 2.05. The third-order valence-corrected chi connectivity index (χ3v) is 3.20. The summed E-state index contributed by atoms with van der Waals surface area (Å²) in [7, 11) is 3.26. The van der Waals surface area contributed by atoms with Gasteiger partial charge >= 0.3 is 5.97 Å². The molecular formula is C13H22N2O5. The van der Waals surface area contributed by atoms with E-state index in [1.54, 1.807) is 14.1 Å². The molecule has 1 aliphatic rings. The molecule has 0 radical (unpaired) electrons. The topological polar surface area (TPSA) is 87.2 Å². The van der Waals surface area contributed by atoms with Gasteiger partial charge in [-0.2, -0.15) is 0 Å². The Bertz CT molecular complexity index is 383. The minimum Gasteiger partial charge on any atom is -0.479 e. The SMILES string of the molecule is CCCN(CC(=O)N(C)C)C(=O)[C@@H]1CC[C@H](C(=O)O)O1. The molecular weight excluding hydrogens is 264 g/mol. The van der Waals surface area contributed by atoms with Crippen LogP contribution in [-0.4, -0.2) is 72.1 Å². The summed E-state index contributed by atoms with van der Waals surface area (Å²) in [4.78, 5) is 37.7. The second-order valence-electron chi connectivity index (χ2n) is 5.08. The van der Waals surface area contributed by atoms with Crippen LogP contribution < -0.4 is 0 Å². The van der Waals surface area contributed by atoms with E-state index in [1.165, 1.54) is 9.80 Å². The lowest BCUT2D eigenvalue weighted by molar-refractivity contribution is -0.156. The zero-order valence-electron chi connectivity index (χ0n) is 12.2. The average molecular weight is 286 g/mol. The Labute approximate surface area is 118 Å². The number of carbonyl (C=O) groups excluding carboxylic acids is 2. The van der Waals surface area contributed by atoms with Crippen LogP contribution in [0.5, 0.6) is 0 Å². The number of carboxylic acids is 1. The van der Waals surface area contributed by atoms with Crippen molar-refractivity contribution in [3.05, 3.63) is 0 Å². The molecule has 1 rings (SSSR count). The fourth-order valence-corrected chi connectivity index (χ4v) is 2.05. The van der Waals surface area contributed by atoms with Crippen LogP contribution in [0.4, 0.5) is 0 Å². The van der Waals surface area contributed by atoms with Crippen molar-refractivity contribution < 1.29 is 24.2 Å². The number of amides is 2. The summed E-state index contributed by atoms with van der Waals surface area (Å²) in [6.45, 7) is 2.36. The number of aliphatic carboxylic acids is 1. The summed E-state index contributed by atoms with van der Waals surface area (Å²) in [5, 5.41) is 8.86. The number of hydrogen-bond donors (Lipinski definition) is 1. The molecule has 0 saturated carbocycles. The second-order valence-corrected chi connectivity index (χ2v) is 5.08. The van der Waals surface area contributed by atoms with Crippen molar-refractivity contribution in [1.82, 2.24) is 9.80 Å². The van der Waals surface area contributed by atoms with Crippen LogP contribution in [0.3, 0.4) is 0 Å². The molecule has 7 heteroatoms. The summed E-state index contributed by atoms with van der Waals surface area (Å²) < 4.78 is 5.24. The first kappa shape index (κ1) is 16.4. The van der Waals surface area contributed by atoms with E-state index in [9.17, 15) is 14.4 Å². The summed E-state index contributed by atoms with van der Waals surface area (Å²) in [5.74, 6) is -1.52. The molecule has 1 fully saturated rings. The van der Waals surface area contributed by atoms with Gasteiger partial charge in [0.05, 0.1) is 6.54 Å². The van der Waals surface area contributed by atoms with Gasteiger partial charge in [0.2, 0.25) is 5.91 Å². The van der Waals surface area contributed by atoms with Gasteiger partial charge in [-0.3, -0.25) is 9.59 Å². The van der Waals surface area contributed by atoms with Crippen LogP contribution >= 0.6 is 0 Å². The van der Waals surface area contributed by atoms with Gasteiger partial charge in [0, 0.05) is 20.6 Å². The van der Waals surface area contributed by atoms with Crippen molar-refractivity contribution in [2.45, 2.75) is 38.4 Å². The first-order valence-corrected chi connectivity index (χ1v) is 6.74. The highest BCUT2D eigenvalue weighted by molar-refractivity contribution is 5.87. The van der Waals surface area contributed by atoms with E-state index >= 15 is 0 Å². The zero-order valence-corrected chi connectivity index (χ0v) is 12.2. The zero-order chi connectivity index (χ0) is 15.3. The van der Waals surface area contributed by atoms with Crippen molar-refractivity contribution >= 4 is 17.8 Å². The summed E-state index contributed by atoms with van der Waals surface area (Å²) in [6, 6.07) is 0. The number of rotatable bonds is 6. The number of nitrogens with zero attached hydrogens (tertiary/aromatic N) is 2. The summed E-state index contributed by atoms with van der Waals surface area (Å²) in [5.41, 5.74) is 0. The van der Waals surface area contributed by atoms with Crippen molar-refractivity contribution in [2.24, 2.45) is 0 Å². The highest BCUT2D eigenvalue weighted by Gasteiger charge is 2.37. The maximum Gasteiger partial charge on any atom is 0.332 e. The van der Waals surface area contributed by atoms with E-state index in [4.69, 9.17) is 9.84 Å². The lowest BCUT2D eigenvalue weighted by Crippen LogP contribution is -2.45. The molecule has 1 aliphatic heterocycles. The van der Waals surface area contributed by atoms with Crippen molar-refractivity contribution in [2.75, 3.05) is 27.2 Å². The first-order chi connectivity index (χ1) is 9.36. The van der Waals surface area contributed by atoms with Gasteiger partial charge in [-0.15, -0.1) is 0 Å². The van der Waals surface area contributed by atoms with Crippen molar-refractivity contribution in [3.8, 4) is 0 Å². The van der Waals surface area contributed by atoms with Crippen LogP contribution in [-0.2, 0) is 19.1 Å². The molecule has 1 saturated heterocycles. The molecule has 2 amide bonds. The molecule has 0 spiro atoms. The molecule has 2 atom stereocenters. The molecule has 0 bridgehead atoms. The highest BCUT2D eigenvalue weighted by atomic mass is 16.5. The van der Waals surface area contributed by atoms with Crippen molar-refractivity contribution in [3.63, 3.8) is 0 Å². The van der Waals surface area contributed by atoms with E-state index in [1.807, 2.05) is 6.92 Å². The lowest BCUT2D eigenvalue weighted by Gasteiger charge is -2.25. The maximum absolute atomic E-state index is 12.3. The molecule has 20 heavy (non-hydrogen) atoms. The number of hydrogen-bond acceptors (Lipinski definition) is 4. The number of ether oxygens (including phenoxy) is 1. The summed E-state index contributed by atoms with van der Waals surface area (Å²) in [6.07, 6.45) is -0.240. The molecule has 1 heterocycles. The molecule has 7 nitrogen and oxygen atoms in total. The Morgan fingerprint density at radius 1 is 1.20 bits per heavy atom. The fraction of sp³-hybridized carbons (Fsp3) is 0.769. The van der Waals surface area contributed by atoms with Gasteiger partial charge in [0.25, 0.3) is 5.91 Å². The second kappa shape index (κ2) is 7.23. The standard InChI is InChI=1S/C13H22N2O5/c1-4-7-15(8-11(16)14(2)3)12(17)9-5-6-10(20-9)13(18)19/h9-10H,4-8H2,1-3H3,(H,18,19)/t9-,10+/m0/s1. The number of carbonyl (C=O) groups is 3. The quantitative estimate of drug-likeness (QED) is 0.739. The number of carboxylic acid groups (broad SMARTS) is 1. The predicted molar refractivity (Wildman–Crippen MR) is 71.1 cm³/mol. The van der Waals surface area contributed by atoms with Gasteiger partial charge in [0.1, 0.15) is 6.10 Å². The van der Waals surface area contributed by atoms with Crippen LogP contribution in [0.2, 0.25) is 0 Å². The van der Waals surface area contributed by atoms with Crippen LogP contribution in [0, 0.1) is 0 Å². The van der Waals surface area contributed by atoms with Crippen molar-refractivity contribution in [1.29, 1.82) is 0 Å². The van der Waals surface area contributed by atoms with E-state index in [2.05, 4.69) is 0 Å². The van der Waals surface area contributed by atoms with E-state index in [0.29, 0.717) is 19.4 Å². The van der Waals surface area contributed by atoms with Gasteiger partial charge in [-0.25, -0.2) is 4.79 Å². The van der Waals surface area contributed by atoms with Gasteiger partial charge < -0.3 is 19.6 Å². The Hall–Kier alpha value is -1.63. The Kier molecular flexibility index (Phi) is 5.94. The summed E-state index contributed by atoms with van der Waals surface area (Å²) >= 11 is 0. The molecule has 0 aromatic carbocycles. The van der Waals surface area contributed by atoms with E-state index < -0.39 is 18.2 Å². The van der Waals surface area contributed by atoms with E-state index in [-0.39, 0.29) is 18.4 Å². The smallest absolute Gasteiger partial charge is 0.332 e. The largest absolute Gasteiger partial charge is 0.479 e. The minimum atomic E-state index is -1.05. The monoisotopic (exact) mass is 286 g/mol. The average Bonchev–Trinajstić information content (AvgIpc) is 2.86. The third-order valence-electron chi connectivity index (χ3n) is 3.20. The first-order valence-electron chi connectivity index (χ1n) is 6.74. The highest BCUT2D eigenvalue weighted by Crippen LogP contribution is 2.21. The molecule has 114 valence electrons. The Morgan fingerprint density at radius 3 is 2.25 bits per heavy atom. The van der Waals surface area contributed by atoms with Gasteiger partial charge in [-0.1, -0.05) is 6.92 Å². The molecule has 0 aromatic rings. The Balaban J connectivity index is 2.65. The van der Waals surface area contributed by atoms with E-state index in [0.717, 1.165) is 6.42 Å². The number of likely N-dealkylation sites (N-methyl/N-ethyl adjacent to an activating group) is 1. The lowest BCUT2D eigenvalue weighted by atomic mass is 10.1. The van der Waals surface area contributed by atoms with Crippen LogP contribution in [0.1, 0.15) is 26.2 Å². The van der Waals surface area contributed by atoms with Crippen LogP contribution in [0.15, 0.2) is 0 Å². The Morgan fingerprint density at radius 2 is 1.80 bits per heavy atom. The molecule has 1 N–H and O–H groups in total. The molecule has 0 unspecified atom stereocenters. The maximum atomic E-state index is 12.3. The molecule has 0 aromatic heterocycles. The normalized spacial score (nSPS) is 21.6.